The molecule has 0 amide bonds. The van der Waals surface area contributed by atoms with Crippen LogP contribution in [0.15, 0.2) is 15.5 Å². The zero-order chi connectivity index (χ0) is 15.1. The Morgan fingerprint density at radius 1 is 1.45 bits per heavy atom. The lowest BCUT2D eigenvalue weighted by atomic mass is 10.4. The average molecular weight is 347 g/mol. The molecule has 114 valence electrons. The Morgan fingerprint density at radius 2 is 2.15 bits per heavy atom. The second-order valence-electron chi connectivity index (χ2n) is 5.06. The number of nitrogens with one attached hydrogen (secondary N) is 1. The first-order valence-electron chi connectivity index (χ1n) is 6.67. The molecule has 0 spiro atoms. The van der Waals surface area contributed by atoms with Crippen LogP contribution < -0.4 is 10.9 Å². The molecule has 0 aliphatic rings. The highest BCUT2D eigenvalue weighted by atomic mass is 79.9. The Morgan fingerprint density at radius 3 is 2.75 bits per heavy atom. The minimum Gasteiger partial charge on any atom is -0.380 e. The van der Waals surface area contributed by atoms with Crippen molar-refractivity contribution < 1.29 is 4.74 Å². The number of anilines is 1. The van der Waals surface area contributed by atoms with Crippen molar-refractivity contribution in [3.8, 4) is 0 Å². The van der Waals surface area contributed by atoms with E-state index >= 15 is 0 Å². The molecular formula is C13H23BrN4O2. The van der Waals surface area contributed by atoms with Crippen LogP contribution >= 0.6 is 15.9 Å². The molecular weight excluding hydrogens is 324 g/mol. The summed E-state index contributed by atoms with van der Waals surface area (Å²) < 4.78 is 7.43. The number of hydrogen-bond donors (Lipinski definition) is 1. The van der Waals surface area contributed by atoms with Crippen molar-refractivity contribution in [2.75, 3.05) is 45.7 Å². The van der Waals surface area contributed by atoms with Crippen LogP contribution in [0.5, 0.6) is 0 Å². The summed E-state index contributed by atoms with van der Waals surface area (Å²) in [5.41, 5.74) is 0.571. The minimum absolute atomic E-state index is 0.0437. The smallest absolute Gasteiger partial charge is 0.283 e. The van der Waals surface area contributed by atoms with Gasteiger partial charge in [0.15, 0.2) is 0 Å². The van der Waals surface area contributed by atoms with Crippen LogP contribution in [0.3, 0.4) is 0 Å². The largest absolute Gasteiger partial charge is 0.380 e. The van der Waals surface area contributed by atoms with E-state index in [4.69, 9.17) is 4.74 Å². The lowest BCUT2D eigenvalue weighted by Crippen LogP contribution is -2.26. The maximum absolute atomic E-state index is 12.0. The minimum atomic E-state index is -0.126. The maximum atomic E-state index is 12.0. The van der Waals surface area contributed by atoms with Gasteiger partial charge >= 0.3 is 0 Å². The summed E-state index contributed by atoms with van der Waals surface area (Å²) in [6, 6.07) is 0.0437. The van der Waals surface area contributed by atoms with Gasteiger partial charge < -0.3 is 15.0 Å². The third-order valence-electron chi connectivity index (χ3n) is 2.68. The van der Waals surface area contributed by atoms with Gasteiger partial charge in [0.1, 0.15) is 4.47 Å². The van der Waals surface area contributed by atoms with E-state index in [1.807, 2.05) is 27.9 Å². The summed E-state index contributed by atoms with van der Waals surface area (Å²) in [5.74, 6) is 0. The SMILES string of the molecule is CC(C)n1ncc(NCCOCCN(C)C)c(Br)c1=O. The normalized spacial score (nSPS) is 11.3. The van der Waals surface area contributed by atoms with E-state index in [2.05, 4.69) is 31.2 Å². The Labute approximate surface area is 128 Å². The highest BCUT2D eigenvalue weighted by molar-refractivity contribution is 9.10. The van der Waals surface area contributed by atoms with E-state index in [1.54, 1.807) is 6.20 Å². The topological polar surface area (TPSA) is 59.4 Å². The Bertz CT molecular complexity index is 474. The van der Waals surface area contributed by atoms with Crippen molar-refractivity contribution in [1.29, 1.82) is 0 Å². The predicted molar refractivity (Wildman–Crippen MR) is 84.4 cm³/mol. The number of nitrogens with zero attached hydrogens (tertiary/aromatic N) is 3. The second-order valence-corrected chi connectivity index (χ2v) is 5.85. The Balaban J connectivity index is 2.45. The van der Waals surface area contributed by atoms with Crippen LogP contribution in [0.2, 0.25) is 0 Å². The van der Waals surface area contributed by atoms with Gasteiger partial charge in [-0.25, -0.2) is 4.68 Å². The lowest BCUT2D eigenvalue weighted by molar-refractivity contribution is 0.126. The number of aromatic nitrogens is 2. The fourth-order valence-corrected chi connectivity index (χ4v) is 1.97. The molecule has 0 bridgehead atoms. The molecule has 0 atom stereocenters. The molecule has 7 heteroatoms. The van der Waals surface area contributed by atoms with Crippen LogP contribution in [0.4, 0.5) is 5.69 Å². The molecule has 0 aliphatic heterocycles. The molecule has 0 saturated heterocycles. The molecule has 1 N–H and O–H groups in total. The van der Waals surface area contributed by atoms with Gasteiger partial charge in [0.2, 0.25) is 0 Å². The molecule has 0 aliphatic carbocycles. The van der Waals surface area contributed by atoms with Gasteiger partial charge in [-0.15, -0.1) is 0 Å². The Kier molecular flexibility index (Phi) is 7.18. The molecule has 1 aromatic rings. The number of rotatable bonds is 8. The predicted octanol–water partition coefficient (Wildman–Crippen LogP) is 1.58. The number of likely N-dealkylation sites (N-methyl/N-ethyl adjacent to an activating group) is 1. The van der Waals surface area contributed by atoms with Crippen LogP contribution in [0.1, 0.15) is 19.9 Å². The summed E-state index contributed by atoms with van der Waals surface area (Å²) in [5, 5.41) is 7.29. The quantitative estimate of drug-likeness (QED) is 0.724. The molecule has 0 aromatic carbocycles. The summed E-state index contributed by atoms with van der Waals surface area (Å²) in [4.78, 5) is 14.1. The summed E-state index contributed by atoms with van der Waals surface area (Å²) in [6.45, 7) is 6.67. The van der Waals surface area contributed by atoms with Crippen LogP contribution in [0, 0.1) is 0 Å². The maximum Gasteiger partial charge on any atom is 0.283 e. The number of hydrogen-bond acceptors (Lipinski definition) is 5. The zero-order valence-corrected chi connectivity index (χ0v) is 14.1. The van der Waals surface area contributed by atoms with E-state index < -0.39 is 0 Å². The van der Waals surface area contributed by atoms with E-state index in [0.29, 0.717) is 29.9 Å². The average Bonchev–Trinajstić information content (AvgIpc) is 2.37. The summed E-state index contributed by atoms with van der Waals surface area (Å²) >= 11 is 3.32. The second kappa shape index (κ2) is 8.39. The highest BCUT2D eigenvalue weighted by Crippen LogP contribution is 2.16. The number of ether oxygens (including phenoxy) is 1. The molecule has 1 aromatic heterocycles. The first kappa shape index (κ1) is 17.1. The first-order valence-corrected chi connectivity index (χ1v) is 7.46. The number of halogens is 1. The van der Waals surface area contributed by atoms with Crippen molar-refractivity contribution in [3.05, 3.63) is 21.0 Å². The molecule has 20 heavy (non-hydrogen) atoms. The first-order chi connectivity index (χ1) is 9.43. The highest BCUT2D eigenvalue weighted by Gasteiger charge is 2.10. The molecule has 6 nitrogen and oxygen atoms in total. The van der Waals surface area contributed by atoms with Gasteiger partial charge in [-0.05, 0) is 43.9 Å². The van der Waals surface area contributed by atoms with Crippen molar-refractivity contribution in [2.45, 2.75) is 19.9 Å². The van der Waals surface area contributed by atoms with E-state index in [-0.39, 0.29) is 11.6 Å². The van der Waals surface area contributed by atoms with Crippen molar-refractivity contribution in [2.24, 2.45) is 0 Å². The van der Waals surface area contributed by atoms with Gasteiger partial charge in [0.05, 0.1) is 31.1 Å². The van der Waals surface area contributed by atoms with Gasteiger partial charge in [-0.3, -0.25) is 4.79 Å². The zero-order valence-electron chi connectivity index (χ0n) is 12.5. The lowest BCUT2D eigenvalue weighted by Gasteiger charge is -2.13. The fourth-order valence-electron chi connectivity index (χ4n) is 1.54. The standard InChI is InChI=1S/C13H23BrN4O2/c1-10(2)18-13(19)12(14)11(9-16-18)15-5-7-20-8-6-17(3)4/h9-10,15H,5-8H2,1-4H3. The summed E-state index contributed by atoms with van der Waals surface area (Å²) in [6.07, 6.45) is 1.66. The molecule has 0 unspecified atom stereocenters. The summed E-state index contributed by atoms with van der Waals surface area (Å²) in [7, 11) is 4.02. The van der Waals surface area contributed by atoms with Gasteiger partial charge in [-0.2, -0.15) is 5.10 Å². The van der Waals surface area contributed by atoms with Gasteiger partial charge in [0.25, 0.3) is 5.56 Å². The van der Waals surface area contributed by atoms with Gasteiger partial charge in [-0.1, -0.05) is 0 Å². The third kappa shape index (κ3) is 5.22. The molecule has 1 rings (SSSR count). The van der Waals surface area contributed by atoms with E-state index in [0.717, 1.165) is 6.54 Å². The monoisotopic (exact) mass is 346 g/mol. The van der Waals surface area contributed by atoms with Crippen LogP contribution in [0.25, 0.3) is 0 Å². The third-order valence-corrected chi connectivity index (χ3v) is 3.44. The van der Waals surface area contributed by atoms with Crippen molar-refractivity contribution in [1.82, 2.24) is 14.7 Å². The molecule has 0 saturated carbocycles. The Hall–Kier alpha value is -0.920. The molecule has 0 radical (unpaired) electrons. The van der Waals surface area contributed by atoms with Crippen LogP contribution in [-0.2, 0) is 4.74 Å². The van der Waals surface area contributed by atoms with Crippen LogP contribution in [-0.4, -0.2) is 55.1 Å². The molecule has 0 fully saturated rings. The van der Waals surface area contributed by atoms with Gasteiger partial charge in [0, 0.05) is 13.1 Å². The van der Waals surface area contributed by atoms with E-state index in [9.17, 15) is 4.79 Å². The molecule has 1 heterocycles. The van der Waals surface area contributed by atoms with Crippen molar-refractivity contribution in [3.63, 3.8) is 0 Å². The fraction of sp³-hybridized carbons (Fsp3) is 0.692. The van der Waals surface area contributed by atoms with Crippen molar-refractivity contribution >= 4 is 21.6 Å². The van der Waals surface area contributed by atoms with E-state index in [1.165, 1.54) is 4.68 Å².